The SMILES string of the molecule is N#C/C(=C\c1cccc(OCc2ccccc2)c1)C(=O)Nc1c(Cl)cc([N+](=O)[O-])cc1Cl. The Balaban J connectivity index is 1.77. The van der Waals surface area contributed by atoms with Crippen molar-refractivity contribution in [2.24, 2.45) is 0 Å². The van der Waals surface area contributed by atoms with Crippen molar-refractivity contribution in [3.05, 3.63) is 104 Å². The number of nitrogens with zero attached hydrogens (tertiary/aromatic N) is 2. The highest BCUT2D eigenvalue weighted by atomic mass is 35.5. The predicted octanol–water partition coefficient (Wildman–Crippen LogP) is 6.03. The number of halogens is 2. The average Bonchev–Trinajstić information content (AvgIpc) is 2.79. The number of carbonyl (C=O) groups is 1. The van der Waals surface area contributed by atoms with E-state index in [4.69, 9.17) is 27.9 Å². The number of non-ortho nitro benzene ring substituents is 1. The van der Waals surface area contributed by atoms with Crippen molar-refractivity contribution in [2.75, 3.05) is 5.32 Å². The monoisotopic (exact) mass is 467 g/mol. The van der Waals surface area contributed by atoms with Gasteiger partial charge in [0.15, 0.2) is 0 Å². The molecule has 0 aromatic heterocycles. The molecular formula is C23H15Cl2N3O4. The van der Waals surface area contributed by atoms with Crippen molar-refractivity contribution in [2.45, 2.75) is 6.61 Å². The molecule has 0 radical (unpaired) electrons. The Hall–Kier alpha value is -3.86. The third kappa shape index (κ3) is 5.85. The van der Waals surface area contributed by atoms with E-state index in [1.807, 2.05) is 36.4 Å². The number of ether oxygens (including phenoxy) is 1. The van der Waals surface area contributed by atoms with Crippen molar-refractivity contribution in [1.29, 1.82) is 5.26 Å². The van der Waals surface area contributed by atoms with Crippen LogP contribution in [0.25, 0.3) is 6.08 Å². The number of benzene rings is 3. The molecule has 3 aromatic rings. The molecule has 160 valence electrons. The second kappa shape index (κ2) is 10.4. The molecule has 1 amide bonds. The molecule has 0 saturated carbocycles. The summed E-state index contributed by atoms with van der Waals surface area (Å²) >= 11 is 12.0. The van der Waals surface area contributed by atoms with Crippen LogP contribution in [-0.2, 0) is 11.4 Å². The maximum absolute atomic E-state index is 12.6. The second-order valence-electron chi connectivity index (χ2n) is 6.51. The molecule has 0 heterocycles. The Morgan fingerprint density at radius 1 is 1.09 bits per heavy atom. The summed E-state index contributed by atoms with van der Waals surface area (Å²) in [6.07, 6.45) is 1.39. The van der Waals surface area contributed by atoms with Crippen LogP contribution >= 0.6 is 23.2 Å². The highest BCUT2D eigenvalue weighted by Crippen LogP contribution is 2.35. The topological polar surface area (TPSA) is 105 Å². The van der Waals surface area contributed by atoms with Crippen LogP contribution in [-0.4, -0.2) is 10.8 Å². The Kier molecular flexibility index (Phi) is 7.45. The Morgan fingerprint density at radius 3 is 2.41 bits per heavy atom. The Labute approximate surface area is 193 Å². The smallest absolute Gasteiger partial charge is 0.272 e. The lowest BCUT2D eigenvalue weighted by atomic mass is 10.1. The maximum Gasteiger partial charge on any atom is 0.272 e. The first-order valence-electron chi connectivity index (χ1n) is 9.20. The van der Waals surface area contributed by atoms with Gasteiger partial charge in [-0.05, 0) is 29.3 Å². The number of nitro groups is 1. The van der Waals surface area contributed by atoms with Gasteiger partial charge in [0.05, 0.1) is 20.7 Å². The quantitative estimate of drug-likeness (QED) is 0.197. The van der Waals surface area contributed by atoms with E-state index in [2.05, 4.69) is 5.32 Å². The molecule has 0 bridgehead atoms. The highest BCUT2D eigenvalue weighted by molar-refractivity contribution is 6.40. The van der Waals surface area contributed by atoms with Crippen LogP contribution in [0.1, 0.15) is 11.1 Å². The lowest BCUT2D eigenvalue weighted by Gasteiger charge is -2.09. The first-order valence-corrected chi connectivity index (χ1v) is 9.96. The number of nitrogens with one attached hydrogen (secondary N) is 1. The summed E-state index contributed by atoms with van der Waals surface area (Å²) in [7, 11) is 0. The van der Waals surface area contributed by atoms with E-state index < -0.39 is 10.8 Å². The van der Waals surface area contributed by atoms with Crippen LogP contribution in [0.2, 0.25) is 10.0 Å². The number of carbonyl (C=O) groups excluding carboxylic acids is 1. The third-order valence-corrected chi connectivity index (χ3v) is 4.85. The van der Waals surface area contributed by atoms with Gasteiger partial charge in [-0.25, -0.2) is 0 Å². The lowest BCUT2D eigenvalue weighted by molar-refractivity contribution is -0.384. The van der Waals surface area contributed by atoms with E-state index >= 15 is 0 Å². The van der Waals surface area contributed by atoms with E-state index in [0.717, 1.165) is 17.7 Å². The predicted molar refractivity (Wildman–Crippen MR) is 123 cm³/mol. The van der Waals surface area contributed by atoms with Gasteiger partial charge in [0.1, 0.15) is 24.0 Å². The number of anilines is 1. The van der Waals surface area contributed by atoms with Crippen LogP contribution in [0.3, 0.4) is 0 Å². The molecular weight excluding hydrogens is 453 g/mol. The van der Waals surface area contributed by atoms with Gasteiger partial charge in [-0.15, -0.1) is 0 Å². The lowest BCUT2D eigenvalue weighted by Crippen LogP contribution is -2.14. The Morgan fingerprint density at radius 2 is 1.78 bits per heavy atom. The highest BCUT2D eigenvalue weighted by Gasteiger charge is 2.18. The molecule has 0 fully saturated rings. The largest absolute Gasteiger partial charge is 0.489 e. The fourth-order valence-electron chi connectivity index (χ4n) is 2.72. The van der Waals surface area contributed by atoms with E-state index in [0.29, 0.717) is 17.9 Å². The minimum atomic E-state index is -0.763. The van der Waals surface area contributed by atoms with Gasteiger partial charge in [0.25, 0.3) is 11.6 Å². The summed E-state index contributed by atoms with van der Waals surface area (Å²) < 4.78 is 5.76. The zero-order valence-corrected chi connectivity index (χ0v) is 17.9. The Bertz CT molecular complexity index is 1210. The standard InChI is InChI=1S/C23H15Cl2N3O4/c24-20-11-18(28(30)31)12-21(25)22(20)27-23(29)17(13-26)9-16-7-4-8-19(10-16)32-14-15-5-2-1-3-6-15/h1-12H,14H2,(H,27,29)/b17-9+. The first kappa shape index (κ1) is 22.8. The van der Waals surface area contributed by atoms with Gasteiger partial charge >= 0.3 is 0 Å². The van der Waals surface area contributed by atoms with Gasteiger partial charge in [-0.3, -0.25) is 14.9 Å². The third-order valence-electron chi connectivity index (χ3n) is 4.26. The number of amides is 1. The molecule has 0 unspecified atom stereocenters. The maximum atomic E-state index is 12.6. The van der Waals surface area contributed by atoms with Crippen LogP contribution in [0.15, 0.2) is 72.3 Å². The summed E-state index contributed by atoms with van der Waals surface area (Å²) in [6, 6.07) is 20.5. The number of rotatable bonds is 7. The van der Waals surface area contributed by atoms with Crippen molar-refractivity contribution >= 4 is 46.6 Å². The molecule has 0 aliphatic carbocycles. The van der Waals surface area contributed by atoms with Crippen LogP contribution in [0.5, 0.6) is 5.75 Å². The second-order valence-corrected chi connectivity index (χ2v) is 7.33. The van der Waals surface area contributed by atoms with Crippen LogP contribution in [0.4, 0.5) is 11.4 Å². The zero-order valence-electron chi connectivity index (χ0n) is 16.4. The van der Waals surface area contributed by atoms with Crippen LogP contribution < -0.4 is 10.1 Å². The number of nitriles is 1. The summed E-state index contributed by atoms with van der Waals surface area (Å²) in [4.78, 5) is 22.8. The molecule has 9 heteroatoms. The normalized spacial score (nSPS) is 10.8. The van der Waals surface area contributed by atoms with Gasteiger partial charge in [-0.2, -0.15) is 5.26 Å². The molecule has 0 spiro atoms. The summed E-state index contributed by atoms with van der Waals surface area (Å²) in [5.41, 5.74) is 1.02. The molecule has 32 heavy (non-hydrogen) atoms. The molecule has 3 rings (SSSR count). The average molecular weight is 468 g/mol. The van der Waals surface area contributed by atoms with E-state index in [1.54, 1.807) is 24.3 Å². The number of hydrogen-bond acceptors (Lipinski definition) is 5. The summed E-state index contributed by atoms with van der Waals surface area (Å²) in [6.45, 7) is 0.372. The minimum absolute atomic E-state index is 0.0231. The first-order chi connectivity index (χ1) is 15.4. The fraction of sp³-hybridized carbons (Fsp3) is 0.0435. The minimum Gasteiger partial charge on any atom is -0.489 e. The number of hydrogen-bond donors (Lipinski definition) is 1. The van der Waals surface area contributed by atoms with Crippen LogP contribution in [0, 0.1) is 21.4 Å². The molecule has 0 atom stereocenters. The summed E-state index contributed by atoms with van der Waals surface area (Å²) in [5.74, 6) is -0.192. The van der Waals surface area contributed by atoms with Gasteiger partial charge in [-0.1, -0.05) is 65.7 Å². The van der Waals surface area contributed by atoms with Crippen molar-refractivity contribution in [3.8, 4) is 11.8 Å². The number of nitro benzene ring substituents is 1. The van der Waals surface area contributed by atoms with Crippen molar-refractivity contribution < 1.29 is 14.5 Å². The molecule has 7 nitrogen and oxygen atoms in total. The molecule has 0 saturated heterocycles. The molecule has 0 aliphatic rings. The van der Waals surface area contributed by atoms with Gasteiger partial charge < -0.3 is 10.1 Å². The van der Waals surface area contributed by atoms with Crippen molar-refractivity contribution in [1.82, 2.24) is 0 Å². The van der Waals surface area contributed by atoms with E-state index in [-0.39, 0.29) is 27.0 Å². The fourth-order valence-corrected chi connectivity index (χ4v) is 3.29. The van der Waals surface area contributed by atoms with Gasteiger partial charge in [0, 0.05) is 12.1 Å². The van der Waals surface area contributed by atoms with E-state index in [1.165, 1.54) is 6.08 Å². The van der Waals surface area contributed by atoms with Crippen molar-refractivity contribution in [3.63, 3.8) is 0 Å². The molecule has 3 aromatic carbocycles. The summed E-state index contributed by atoms with van der Waals surface area (Å²) in [5, 5.41) is 22.5. The van der Waals surface area contributed by atoms with Gasteiger partial charge in [0.2, 0.25) is 0 Å². The zero-order chi connectivity index (χ0) is 23.1. The van der Waals surface area contributed by atoms with E-state index in [9.17, 15) is 20.2 Å². The molecule has 1 N–H and O–H groups in total. The molecule has 0 aliphatic heterocycles.